The van der Waals surface area contributed by atoms with Crippen LogP contribution in [0.5, 0.6) is 0 Å². The molecular formula is C25H18N2O2S. The van der Waals surface area contributed by atoms with E-state index < -0.39 is 5.92 Å². The third-order valence-electron chi connectivity index (χ3n) is 4.94. The van der Waals surface area contributed by atoms with Gasteiger partial charge in [0.25, 0.3) is 0 Å². The van der Waals surface area contributed by atoms with E-state index in [1.807, 2.05) is 96.4 Å². The van der Waals surface area contributed by atoms with Gasteiger partial charge >= 0.3 is 0 Å². The van der Waals surface area contributed by atoms with Crippen LogP contribution in [-0.4, -0.2) is 10.9 Å². The van der Waals surface area contributed by atoms with Crippen molar-refractivity contribution in [3.63, 3.8) is 0 Å². The molecule has 0 fully saturated rings. The summed E-state index contributed by atoms with van der Waals surface area (Å²) in [5, 5.41) is 6.46. The molecule has 2 aromatic heterocycles. The largest absolute Gasteiger partial charge is 0.454 e. The van der Waals surface area contributed by atoms with Gasteiger partial charge in [-0.05, 0) is 23.3 Å². The minimum atomic E-state index is -0.411. The Hall–Kier alpha value is -3.70. The van der Waals surface area contributed by atoms with Crippen LogP contribution in [0.15, 0.2) is 101 Å². The topological polar surface area (TPSA) is 55.1 Å². The van der Waals surface area contributed by atoms with Crippen molar-refractivity contribution in [1.82, 2.24) is 4.98 Å². The molecule has 1 N–H and O–H groups in total. The Balaban J connectivity index is 1.42. The molecule has 146 valence electrons. The van der Waals surface area contributed by atoms with Crippen molar-refractivity contribution in [1.29, 1.82) is 0 Å². The lowest BCUT2D eigenvalue weighted by Gasteiger charge is -2.17. The number of fused-ring (bicyclic) bond motifs is 1. The fourth-order valence-electron chi connectivity index (χ4n) is 3.52. The standard InChI is InChI=1S/C25H18N2O2S/c28-24(23(17-9-3-1-4-10-17)18-11-5-2-6-12-18)27-25-26-20(16-30-25)22-15-19-13-7-8-14-21(19)29-22/h1-16,23H,(H,26,27,28). The molecule has 30 heavy (non-hydrogen) atoms. The fourth-order valence-corrected chi connectivity index (χ4v) is 4.22. The number of carbonyl (C=O) groups excluding carboxylic acids is 1. The highest BCUT2D eigenvalue weighted by Crippen LogP contribution is 2.31. The number of rotatable bonds is 5. The first-order chi connectivity index (χ1) is 14.8. The van der Waals surface area contributed by atoms with E-state index in [0.717, 1.165) is 22.1 Å². The highest BCUT2D eigenvalue weighted by atomic mass is 32.1. The number of benzene rings is 3. The molecule has 0 aliphatic rings. The van der Waals surface area contributed by atoms with Crippen molar-refractivity contribution in [3.05, 3.63) is 108 Å². The molecule has 2 heterocycles. The summed E-state index contributed by atoms with van der Waals surface area (Å²) in [5.41, 5.74) is 3.41. The SMILES string of the molecule is O=C(Nc1nc(-c2cc3ccccc3o2)cs1)C(c1ccccc1)c1ccccc1. The van der Waals surface area contributed by atoms with Gasteiger partial charge < -0.3 is 9.73 Å². The highest BCUT2D eigenvalue weighted by molar-refractivity contribution is 7.14. The zero-order valence-corrected chi connectivity index (χ0v) is 16.8. The quantitative estimate of drug-likeness (QED) is 0.368. The maximum absolute atomic E-state index is 13.2. The van der Waals surface area contributed by atoms with Gasteiger partial charge in [-0.25, -0.2) is 4.98 Å². The van der Waals surface area contributed by atoms with Gasteiger partial charge in [0.2, 0.25) is 5.91 Å². The first-order valence-electron chi connectivity index (χ1n) is 9.63. The Morgan fingerprint density at radius 3 is 2.17 bits per heavy atom. The zero-order valence-electron chi connectivity index (χ0n) is 16.0. The van der Waals surface area contributed by atoms with Crippen LogP contribution >= 0.6 is 11.3 Å². The second-order valence-corrected chi connectivity index (χ2v) is 7.79. The molecule has 3 aromatic carbocycles. The second-order valence-electron chi connectivity index (χ2n) is 6.93. The molecule has 0 aliphatic heterocycles. The Morgan fingerprint density at radius 1 is 0.867 bits per heavy atom. The number of aromatic nitrogens is 1. The van der Waals surface area contributed by atoms with E-state index in [-0.39, 0.29) is 5.91 Å². The van der Waals surface area contributed by atoms with Gasteiger partial charge in [0.05, 0.1) is 5.92 Å². The van der Waals surface area contributed by atoms with E-state index in [4.69, 9.17) is 4.42 Å². The third-order valence-corrected chi connectivity index (χ3v) is 5.70. The number of nitrogens with zero attached hydrogens (tertiary/aromatic N) is 1. The first-order valence-corrected chi connectivity index (χ1v) is 10.5. The van der Waals surface area contributed by atoms with Crippen LogP contribution in [0.25, 0.3) is 22.4 Å². The van der Waals surface area contributed by atoms with Crippen LogP contribution in [0.3, 0.4) is 0 Å². The average Bonchev–Trinajstić information content (AvgIpc) is 3.42. The molecule has 5 heteroatoms. The number of para-hydroxylation sites is 1. The summed E-state index contributed by atoms with van der Waals surface area (Å²) in [7, 11) is 0. The lowest BCUT2D eigenvalue weighted by atomic mass is 9.90. The summed E-state index contributed by atoms with van der Waals surface area (Å²) < 4.78 is 5.89. The number of furan rings is 1. The predicted molar refractivity (Wildman–Crippen MR) is 121 cm³/mol. The summed E-state index contributed by atoms with van der Waals surface area (Å²) in [6.07, 6.45) is 0. The summed E-state index contributed by atoms with van der Waals surface area (Å²) in [4.78, 5) is 17.8. The molecule has 0 bridgehead atoms. The average molecular weight is 410 g/mol. The van der Waals surface area contributed by atoms with Gasteiger partial charge in [-0.1, -0.05) is 78.9 Å². The monoisotopic (exact) mass is 410 g/mol. The van der Waals surface area contributed by atoms with Gasteiger partial charge in [0, 0.05) is 10.8 Å². The van der Waals surface area contributed by atoms with Gasteiger partial charge in [-0.2, -0.15) is 0 Å². The van der Waals surface area contributed by atoms with E-state index in [0.29, 0.717) is 16.6 Å². The smallest absolute Gasteiger partial charge is 0.238 e. The van der Waals surface area contributed by atoms with Gasteiger partial charge in [0.1, 0.15) is 11.3 Å². The molecular weight excluding hydrogens is 392 g/mol. The lowest BCUT2D eigenvalue weighted by molar-refractivity contribution is -0.116. The van der Waals surface area contributed by atoms with Crippen molar-refractivity contribution < 1.29 is 9.21 Å². The molecule has 5 rings (SSSR count). The Morgan fingerprint density at radius 2 is 1.50 bits per heavy atom. The molecule has 0 atom stereocenters. The molecule has 0 aliphatic carbocycles. The first kappa shape index (κ1) is 18.3. The molecule has 4 nitrogen and oxygen atoms in total. The maximum atomic E-state index is 13.2. The summed E-state index contributed by atoms with van der Waals surface area (Å²) in [6, 6.07) is 29.4. The summed E-state index contributed by atoms with van der Waals surface area (Å²) >= 11 is 1.39. The van der Waals surface area contributed by atoms with Gasteiger partial charge in [-0.15, -0.1) is 11.3 Å². The van der Waals surface area contributed by atoms with E-state index in [1.54, 1.807) is 0 Å². The Labute approximate surface area is 177 Å². The van der Waals surface area contributed by atoms with E-state index in [9.17, 15) is 4.79 Å². The number of hydrogen-bond acceptors (Lipinski definition) is 4. The van der Waals surface area contributed by atoms with Crippen LogP contribution < -0.4 is 5.32 Å². The number of carbonyl (C=O) groups is 1. The number of thiazole rings is 1. The van der Waals surface area contributed by atoms with Crippen molar-refractivity contribution in [2.45, 2.75) is 5.92 Å². The fraction of sp³-hybridized carbons (Fsp3) is 0.0400. The molecule has 0 saturated carbocycles. The van der Waals surface area contributed by atoms with Crippen molar-refractivity contribution in [2.24, 2.45) is 0 Å². The molecule has 0 unspecified atom stereocenters. The number of anilines is 1. The van der Waals surface area contributed by atoms with Crippen LogP contribution in [0, 0.1) is 0 Å². The van der Waals surface area contributed by atoms with Crippen molar-refractivity contribution in [2.75, 3.05) is 5.32 Å². The minimum absolute atomic E-state index is 0.113. The zero-order chi connectivity index (χ0) is 20.3. The lowest BCUT2D eigenvalue weighted by Crippen LogP contribution is -2.22. The maximum Gasteiger partial charge on any atom is 0.238 e. The summed E-state index contributed by atoms with van der Waals surface area (Å²) in [5.74, 6) is 0.166. The molecule has 5 aromatic rings. The van der Waals surface area contributed by atoms with E-state index in [2.05, 4.69) is 10.3 Å². The second kappa shape index (κ2) is 7.97. The van der Waals surface area contributed by atoms with Crippen LogP contribution in [-0.2, 0) is 4.79 Å². The number of amides is 1. The molecule has 0 saturated heterocycles. The van der Waals surface area contributed by atoms with Crippen LogP contribution in [0.1, 0.15) is 17.0 Å². The normalized spacial score (nSPS) is 11.1. The van der Waals surface area contributed by atoms with Crippen LogP contribution in [0.2, 0.25) is 0 Å². The minimum Gasteiger partial charge on any atom is -0.454 e. The number of nitrogens with one attached hydrogen (secondary N) is 1. The predicted octanol–water partition coefficient (Wildman–Crippen LogP) is 6.33. The summed E-state index contributed by atoms with van der Waals surface area (Å²) in [6.45, 7) is 0. The van der Waals surface area contributed by atoms with E-state index >= 15 is 0 Å². The van der Waals surface area contributed by atoms with E-state index in [1.165, 1.54) is 11.3 Å². The van der Waals surface area contributed by atoms with Crippen molar-refractivity contribution in [3.8, 4) is 11.5 Å². The Bertz CT molecular complexity index is 1220. The Kier molecular flexibility index (Phi) is 4.87. The molecule has 0 spiro atoms. The van der Waals surface area contributed by atoms with Gasteiger partial charge in [0.15, 0.2) is 10.9 Å². The highest BCUT2D eigenvalue weighted by Gasteiger charge is 2.23. The number of hydrogen-bond donors (Lipinski definition) is 1. The van der Waals surface area contributed by atoms with Gasteiger partial charge in [-0.3, -0.25) is 4.79 Å². The van der Waals surface area contributed by atoms with Crippen molar-refractivity contribution >= 4 is 33.3 Å². The molecule has 1 amide bonds. The molecule has 0 radical (unpaired) electrons. The third kappa shape index (κ3) is 3.63. The van der Waals surface area contributed by atoms with Crippen LogP contribution in [0.4, 0.5) is 5.13 Å².